The first-order chi connectivity index (χ1) is 14.6. The van der Waals surface area contributed by atoms with Gasteiger partial charge in [0.15, 0.2) is 0 Å². The lowest BCUT2D eigenvalue weighted by Crippen LogP contribution is -2.47. The number of hydrogen-bond donors (Lipinski definition) is 2. The molecule has 4 heteroatoms. The van der Waals surface area contributed by atoms with E-state index in [9.17, 15) is 15.0 Å². The molecule has 1 unspecified atom stereocenters. The summed E-state index contributed by atoms with van der Waals surface area (Å²) in [4.78, 5) is 13.5. The molecule has 4 nitrogen and oxygen atoms in total. The minimum absolute atomic E-state index is 0.370. The van der Waals surface area contributed by atoms with Gasteiger partial charge in [0.1, 0.15) is 12.3 Å². The molecule has 1 saturated heterocycles. The van der Waals surface area contributed by atoms with Gasteiger partial charge in [-0.05, 0) is 29.5 Å². The third-order valence-electron chi connectivity index (χ3n) is 6.25. The van der Waals surface area contributed by atoms with E-state index in [0.29, 0.717) is 19.4 Å². The van der Waals surface area contributed by atoms with Gasteiger partial charge >= 0.3 is 5.97 Å². The van der Waals surface area contributed by atoms with Crippen molar-refractivity contribution in [2.75, 3.05) is 6.54 Å². The van der Waals surface area contributed by atoms with E-state index in [1.807, 2.05) is 54.6 Å². The Morgan fingerprint density at radius 1 is 0.867 bits per heavy atom. The lowest BCUT2D eigenvalue weighted by Gasteiger charge is -2.40. The molecule has 30 heavy (non-hydrogen) atoms. The fourth-order valence-corrected chi connectivity index (χ4v) is 4.82. The Balaban J connectivity index is 1.86. The van der Waals surface area contributed by atoms with E-state index in [1.54, 1.807) is 4.90 Å². The van der Waals surface area contributed by atoms with Gasteiger partial charge in [-0.2, -0.15) is 0 Å². The molecule has 0 aliphatic carbocycles. The fraction of sp³-hybridized carbons (Fsp3) is 0.269. The molecule has 2 N–H and O–H groups in total. The average Bonchev–Trinajstić information content (AvgIpc) is 3.30. The number of aliphatic carboxylic acids is 1. The predicted molar refractivity (Wildman–Crippen MR) is 117 cm³/mol. The van der Waals surface area contributed by atoms with Crippen molar-refractivity contribution in [1.82, 2.24) is 4.90 Å². The Labute approximate surface area is 177 Å². The molecule has 1 aliphatic rings. The van der Waals surface area contributed by atoms with Crippen LogP contribution in [-0.2, 0) is 10.2 Å². The highest BCUT2D eigenvalue weighted by Gasteiger charge is 2.42. The molecule has 1 aliphatic heterocycles. The summed E-state index contributed by atoms with van der Waals surface area (Å²) in [6.07, 6.45) is 0.841. The lowest BCUT2D eigenvalue weighted by molar-refractivity contribution is -0.146. The van der Waals surface area contributed by atoms with E-state index in [1.165, 1.54) is 0 Å². The van der Waals surface area contributed by atoms with Crippen molar-refractivity contribution in [3.05, 3.63) is 108 Å². The summed E-state index contributed by atoms with van der Waals surface area (Å²) in [7, 11) is 0. The standard InChI is InChI=1S/C26H27NO3/c28-24(27-18-10-17-23(27)25(29)30)19-26(20-11-4-1-5-12-20,21-13-6-2-7-14-21)22-15-8-3-9-16-22/h1-9,11-16,23-24,28H,10,17-19H2,(H,29,30)/t23-,24?/m0/s1. The van der Waals surface area contributed by atoms with Gasteiger partial charge in [0.25, 0.3) is 0 Å². The van der Waals surface area contributed by atoms with Crippen LogP contribution in [0.15, 0.2) is 91.0 Å². The number of carboxylic acids is 1. The SMILES string of the molecule is O=C(O)[C@@H]1CCCN1C(O)CC(c1ccccc1)(c1ccccc1)c1ccccc1. The number of rotatable bonds is 7. The summed E-state index contributed by atoms with van der Waals surface area (Å²) in [5.74, 6) is -0.865. The van der Waals surface area contributed by atoms with E-state index >= 15 is 0 Å². The second-order valence-corrected chi connectivity index (χ2v) is 7.92. The summed E-state index contributed by atoms with van der Waals surface area (Å²) >= 11 is 0. The van der Waals surface area contributed by atoms with Crippen LogP contribution < -0.4 is 0 Å². The summed E-state index contributed by atoms with van der Waals surface area (Å²) in [6, 6.07) is 29.9. The molecule has 1 fully saturated rings. The number of hydrogen-bond acceptors (Lipinski definition) is 3. The van der Waals surface area contributed by atoms with Crippen molar-refractivity contribution in [2.45, 2.75) is 36.9 Å². The van der Waals surface area contributed by atoms with Crippen molar-refractivity contribution in [3.8, 4) is 0 Å². The first-order valence-electron chi connectivity index (χ1n) is 10.5. The van der Waals surface area contributed by atoms with Crippen LogP contribution in [0.5, 0.6) is 0 Å². The predicted octanol–water partition coefficient (Wildman–Crippen LogP) is 4.28. The highest BCUT2D eigenvalue weighted by atomic mass is 16.4. The minimum atomic E-state index is -0.880. The van der Waals surface area contributed by atoms with Gasteiger partial charge in [0, 0.05) is 18.4 Å². The van der Waals surface area contributed by atoms with Crippen LogP contribution in [0.3, 0.4) is 0 Å². The maximum atomic E-state index is 11.7. The summed E-state index contributed by atoms with van der Waals surface area (Å²) in [5.41, 5.74) is 2.63. The van der Waals surface area contributed by atoms with Crippen LogP contribution in [-0.4, -0.2) is 39.9 Å². The molecule has 2 atom stereocenters. The average molecular weight is 402 g/mol. The lowest BCUT2D eigenvalue weighted by atomic mass is 9.67. The minimum Gasteiger partial charge on any atom is -0.480 e. The Hall–Kier alpha value is -2.95. The van der Waals surface area contributed by atoms with Gasteiger partial charge in [-0.3, -0.25) is 9.69 Å². The van der Waals surface area contributed by atoms with Gasteiger partial charge in [0.2, 0.25) is 0 Å². The first-order valence-corrected chi connectivity index (χ1v) is 10.5. The fourth-order valence-electron chi connectivity index (χ4n) is 4.82. The van der Waals surface area contributed by atoms with Crippen LogP contribution in [0.1, 0.15) is 36.0 Å². The molecular weight excluding hydrogens is 374 g/mol. The number of carbonyl (C=O) groups is 1. The molecule has 0 amide bonds. The monoisotopic (exact) mass is 401 g/mol. The molecule has 3 aromatic carbocycles. The van der Waals surface area contributed by atoms with Crippen LogP contribution in [0.4, 0.5) is 0 Å². The number of aliphatic hydroxyl groups is 1. The van der Waals surface area contributed by atoms with Crippen LogP contribution in [0, 0.1) is 0 Å². The third-order valence-corrected chi connectivity index (χ3v) is 6.25. The quantitative estimate of drug-likeness (QED) is 0.580. The van der Waals surface area contributed by atoms with Crippen molar-refractivity contribution in [1.29, 1.82) is 0 Å². The highest BCUT2D eigenvalue weighted by Crippen LogP contribution is 2.44. The Kier molecular flexibility index (Phi) is 5.98. The maximum absolute atomic E-state index is 11.7. The number of carboxylic acid groups (broad SMARTS) is 1. The largest absolute Gasteiger partial charge is 0.480 e. The zero-order chi connectivity index (χ0) is 21.0. The zero-order valence-corrected chi connectivity index (χ0v) is 16.9. The highest BCUT2D eigenvalue weighted by molar-refractivity contribution is 5.73. The second kappa shape index (κ2) is 8.82. The van der Waals surface area contributed by atoms with E-state index in [-0.39, 0.29) is 0 Å². The van der Waals surface area contributed by atoms with E-state index < -0.39 is 23.7 Å². The molecule has 0 aromatic heterocycles. The summed E-state index contributed by atoms with van der Waals surface area (Å²) in [5, 5.41) is 21.0. The molecule has 0 bridgehead atoms. The topological polar surface area (TPSA) is 60.8 Å². The third kappa shape index (κ3) is 3.76. The van der Waals surface area contributed by atoms with Gasteiger partial charge < -0.3 is 10.2 Å². The van der Waals surface area contributed by atoms with E-state index in [2.05, 4.69) is 36.4 Å². The Bertz CT molecular complexity index is 863. The van der Waals surface area contributed by atoms with Crippen LogP contribution >= 0.6 is 0 Å². The van der Waals surface area contributed by atoms with Crippen LogP contribution in [0.2, 0.25) is 0 Å². The second-order valence-electron chi connectivity index (χ2n) is 7.92. The zero-order valence-electron chi connectivity index (χ0n) is 16.9. The molecule has 0 spiro atoms. The molecular formula is C26H27NO3. The van der Waals surface area contributed by atoms with Gasteiger partial charge in [0.05, 0.1) is 0 Å². The Morgan fingerprint density at radius 2 is 1.30 bits per heavy atom. The number of nitrogens with zero attached hydrogens (tertiary/aromatic N) is 1. The van der Waals surface area contributed by atoms with Crippen molar-refractivity contribution in [3.63, 3.8) is 0 Å². The van der Waals surface area contributed by atoms with Gasteiger partial charge in [-0.1, -0.05) is 91.0 Å². The van der Waals surface area contributed by atoms with Gasteiger partial charge in [-0.25, -0.2) is 0 Å². The van der Waals surface area contributed by atoms with Crippen molar-refractivity contribution in [2.24, 2.45) is 0 Å². The Morgan fingerprint density at radius 3 is 1.70 bits per heavy atom. The van der Waals surface area contributed by atoms with E-state index in [0.717, 1.165) is 23.1 Å². The summed E-state index contributed by atoms with van der Waals surface area (Å²) in [6.45, 7) is 0.590. The molecule has 3 aromatic rings. The first kappa shape index (κ1) is 20.3. The van der Waals surface area contributed by atoms with Crippen molar-refractivity contribution < 1.29 is 15.0 Å². The van der Waals surface area contributed by atoms with E-state index in [4.69, 9.17) is 0 Å². The molecule has 1 heterocycles. The molecule has 0 radical (unpaired) electrons. The van der Waals surface area contributed by atoms with Crippen molar-refractivity contribution >= 4 is 5.97 Å². The smallest absolute Gasteiger partial charge is 0.320 e. The van der Waals surface area contributed by atoms with Gasteiger partial charge in [-0.15, -0.1) is 0 Å². The number of benzene rings is 3. The summed E-state index contributed by atoms with van der Waals surface area (Å²) < 4.78 is 0. The van der Waals surface area contributed by atoms with Crippen LogP contribution in [0.25, 0.3) is 0 Å². The number of likely N-dealkylation sites (tertiary alicyclic amines) is 1. The number of aliphatic hydroxyl groups excluding tert-OH is 1. The molecule has 4 rings (SSSR count). The maximum Gasteiger partial charge on any atom is 0.320 e. The molecule has 154 valence electrons. The normalized spacial score (nSPS) is 18.2. The molecule has 0 saturated carbocycles.